The Hall–Kier alpha value is -3.86. The van der Waals surface area contributed by atoms with Crippen LogP contribution in [0.2, 0.25) is 0 Å². The van der Waals surface area contributed by atoms with E-state index in [1.54, 1.807) is 30.3 Å². The fourth-order valence-corrected chi connectivity index (χ4v) is 5.06. The van der Waals surface area contributed by atoms with Gasteiger partial charge in [-0.1, -0.05) is 0 Å². The molecule has 0 bridgehead atoms. The summed E-state index contributed by atoms with van der Waals surface area (Å²) in [5.41, 5.74) is 4.55. The first-order valence-corrected chi connectivity index (χ1v) is 12.6. The highest BCUT2D eigenvalue weighted by Gasteiger charge is 2.17. The number of furan rings is 1. The first-order chi connectivity index (χ1) is 17.7. The molecule has 1 aliphatic rings. The van der Waals surface area contributed by atoms with E-state index in [1.165, 1.54) is 11.3 Å². The fourth-order valence-electron chi connectivity index (χ4n) is 4.26. The number of anilines is 1. The van der Waals surface area contributed by atoms with Crippen molar-refractivity contribution in [3.8, 4) is 21.7 Å². The van der Waals surface area contributed by atoms with Crippen molar-refractivity contribution in [1.29, 1.82) is 0 Å². The minimum absolute atomic E-state index is 0.268. The van der Waals surface area contributed by atoms with Crippen LogP contribution < -0.4 is 5.32 Å². The lowest BCUT2D eigenvalue weighted by Gasteiger charge is -2.26. The van der Waals surface area contributed by atoms with E-state index >= 15 is 0 Å². The molecule has 10 heteroatoms. The molecule has 1 amide bonds. The summed E-state index contributed by atoms with van der Waals surface area (Å²) in [5.74, 6) is -0.268. The van der Waals surface area contributed by atoms with Crippen molar-refractivity contribution in [3.63, 3.8) is 0 Å². The number of nitrogens with one attached hydrogen (secondary N) is 1. The predicted molar refractivity (Wildman–Crippen MR) is 138 cm³/mol. The quantitative estimate of drug-likeness (QED) is 0.354. The molecule has 1 aliphatic heterocycles. The average molecular weight is 501 g/mol. The van der Waals surface area contributed by atoms with Gasteiger partial charge in [-0.05, 0) is 30.3 Å². The second kappa shape index (κ2) is 10.0. The molecule has 0 radical (unpaired) electrons. The van der Waals surface area contributed by atoms with Crippen LogP contribution in [0, 0.1) is 0 Å². The molecule has 6 rings (SSSR count). The third-order valence-corrected chi connectivity index (χ3v) is 7.08. The number of pyridine rings is 1. The molecule has 0 saturated carbocycles. The number of nitrogens with zero attached hydrogens (tertiary/aromatic N) is 5. The summed E-state index contributed by atoms with van der Waals surface area (Å²) < 4.78 is 12.7. The summed E-state index contributed by atoms with van der Waals surface area (Å²) in [4.78, 5) is 24.1. The van der Waals surface area contributed by atoms with Crippen LogP contribution in [-0.4, -0.2) is 63.4 Å². The molecule has 1 aromatic carbocycles. The van der Waals surface area contributed by atoms with E-state index in [2.05, 4.69) is 20.2 Å². The van der Waals surface area contributed by atoms with Crippen molar-refractivity contribution in [2.24, 2.45) is 0 Å². The number of rotatable bonds is 7. The van der Waals surface area contributed by atoms with Gasteiger partial charge in [0.1, 0.15) is 10.7 Å². The molecular weight excluding hydrogens is 476 g/mol. The van der Waals surface area contributed by atoms with Crippen LogP contribution in [0.1, 0.15) is 10.5 Å². The van der Waals surface area contributed by atoms with Gasteiger partial charge >= 0.3 is 0 Å². The zero-order valence-corrected chi connectivity index (χ0v) is 20.3. The molecule has 0 atom stereocenters. The lowest BCUT2D eigenvalue weighted by Crippen LogP contribution is -2.38. The van der Waals surface area contributed by atoms with Gasteiger partial charge in [0.2, 0.25) is 0 Å². The lowest BCUT2D eigenvalue weighted by molar-refractivity contribution is 0.0360. The van der Waals surface area contributed by atoms with Gasteiger partial charge in [0.25, 0.3) is 5.91 Å². The van der Waals surface area contributed by atoms with Crippen LogP contribution in [0.3, 0.4) is 0 Å². The van der Waals surface area contributed by atoms with E-state index in [9.17, 15) is 4.79 Å². The second-order valence-electron chi connectivity index (χ2n) is 8.54. The smallest absolute Gasteiger partial charge is 0.275 e. The highest BCUT2D eigenvalue weighted by Crippen LogP contribution is 2.33. The molecule has 5 heterocycles. The normalized spacial score (nSPS) is 14.3. The number of hydrogen-bond acceptors (Lipinski definition) is 8. The molecule has 0 aliphatic carbocycles. The van der Waals surface area contributed by atoms with Crippen LogP contribution in [0.5, 0.6) is 0 Å². The molecule has 9 nitrogen and oxygen atoms in total. The molecule has 182 valence electrons. The largest absolute Gasteiger partial charge is 0.472 e. The van der Waals surface area contributed by atoms with Gasteiger partial charge in [0.15, 0.2) is 0 Å². The third kappa shape index (κ3) is 4.78. The number of aromatic nitrogens is 4. The number of carbonyl (C=O) groups excluding carboxylic acids is 1. The topological polar surface area (TPSA) is 98.3 Å². The third-order valence-electron chi connectivity index (χ3n) is 6.18. The number of thiazole rings is 1. The van der Waals surface area contributed by atoms with E-state index in [-0.39, 0.29) is 5.91 Å². The summed E-state index contributed by atoms with van der Waals surface area (Å²) in [6, 6.07) is 9.58. The number of benzene rings is 1. The Morgan fingerprint density at radius 3 is 2.75 bits per heavy atom. The van der Waals surface area contributed by atoms with Gasteiger partial charge in [-0.25, -0.2) is 4.98 Å². The van der Waals surface area contributed by atoms with Crippen molar-refractivity contribution in [3.05, 3.63) is 72.5 Å². The van der Waals surface area contributed by atoms with Gasteiger partial charge in [-0.3, -0.25) is 19.4 Å². The van der Waals surface area contributed by atoms with Crippen molar-refractivity contribution in [1.82, 2.24) is 24.6 Å². The summed E-state index contributed by atoms with van der Waals surface area (Å²) in [5, 5.41) is 11.3. The fraction of sp³-hybridized carbons (Fsp3) is 0.231. The molecule has 0 spiro atoms. The monoisotopic (exact) mass is 500 g/mol. The standard InChI is InChI=1S/C26H24N6O3S/c33-25(24-17-36-26(29-24)18-1-4-27-5-2-18)28-23-13-20-15-32(7-6-31-8-11-34-12-9-31)30-22(20)14-21(23)19-3-10-35-16-19/h1-5,10,13-17H,6-9,11-12H2,(H,28,33). The number of fused-ring (bicyclic) bond motifs is 1. The van der Waals surface area contributed by atoms with Crippen molar-refractivity contribution < 1.29 is 13.9 Å². The molecule has 4 aromatic heterocycles. The summed E-state index contributed by atoms with van der Waals surface area (Å²) >= 11 is 1.43. The number of hydrogen-bond donors (Lipinski definition) is 1. The van der Waals surface area contributed by atoms with E-state index < -0.39 is 0 Å². The van der Waals surface area contributed by atoms with E-state index in [4.69, 9.17) is 14.3 Å². The second-order valence-corrected chi connectivity index (χ2v) is 9.40. The molecule has 36 heavy (non-hydrogen) atoms. The van der Waals surface area contributed by atoms with Crippen LogP contribution in [-0.2, 0) is 11.3 Å². The van der Waals surface area contributed by atoms with Crippen LogP contribution in [0.4, 0.5) is 5.69 Å². The SMILES string of the molecule is O=C(Nc1cc2cn(CCN3CCOCC3)nc2cc1-c1ccoc1)c1csc(-c2ccncc2)n1. The maximum Gasteiger partial charge on any atom is 0.275 e. The highest BCUT2D eigenvalue weighted by atomic mass is 32.1. The Morgan fingerprint density at radius 2 is 1.94 bits per heavy atom. The Bertz CT molecular complexity index is 1470. The van der Waals surface area contributed by atoms with Crippen molar-refractivity contribution in [2.45, 2.75) is 6.54 Å². The molecular formula is C26H24N6O3S. The summed E-state index contributed by atoms with van der Waals surface area (Å²) in [6.07, 6.45) is 8.73. The Labute approximate surface area is 211 Å². The molecule has 1 N–H and O–H groups in total. The summed E-state index contributed by atoms with van der Waals surface area (Å²) in [6.45, 7) is 5.15. The van der Waals surface area contributed by atoms with Crippen LogP contribution in [0.25, 0.3) is 32.6 Å². The number of carbonyl (C=O) groups is 1. The molecule has 1 fully saturated rings. The Morgan fingerprint density at radius 1 is 1.08 bits per heavy atom. The maximum atomic E-state index is 13.2. The predicted octanol–water partition coefficient (Wildman–Crippen LogP) is 4.40. The average Bonchev–Trinajstić information content (AvgIpc) is 3.69. The lowest BCUT2D eigenvalue weighted by atomic mass is 10.0. The van der Waals surface area contributed by atoms with E-state index in [0.717, 1.165) is 72.0 Å². The zero-order chi connectivity index (χ0) is 24.3. The minimum Gasteiger partial charge on any atom is -0.472 e. The Balaban J connectivity index is 1.26. The maximum absolute atomic E-state index is 13.2. The van der Waals surface area contributed by atoms with Gasteiger partial charge in [-0.2, -0.15) is 5.10 Å². The van der Waals surface area contributed by atoms with Gasteiger partial charge in [-0.15, -0.1) is 11.3 Å². The van der Waals surface area contributed by atoms with E-state index in [1.807, 2.05) is 41.2 Å². The van der Waals surface area contributed by atoms with Crippen LogP contribution >= 0.6 is 11.3 Å². The number of amides is 1. The first-order valence-electron chi connectivity index (χ1n) is 11.7. The van der Waals surface area contributed by atoms with Crippen LogP contribution in [0.15, 0.2) is 71.2 Å². The highest BCUT2D eigenvalue weighted by molar-refractivity contribution is 7.13. The molecule has 0 unspecified atom stereocenters. The summed E-state index contributed by atoms with van der Waals surface area (Å²) in [7, 11) is 0. The Kier molecular flexibility index (Phi) is 6.29. The van der Waals surface area contributed by atoms with Gasteiger partial charge in [0, 0.05) is 71.4 Å². The number of morpholine rings is 1. The first kappa shape index (κ1) is 22.6. The minimum atomic E-state index is -0.268. The van der Waals surface area contributed by atoms with E-state index in [0.29, 0.717) is 11.4 Å². The molecule has 1 saturated heterocycles. The van der Waals surface area contributed by atoms with Crippen molar-refractivity contribution in [2.75, 3.05) is 38.2 Å². The zero-order valence-electron chi connectivity index (χ0n) is 19.5. The number of ether oxygens (including phenoxy) is 1. The molecule has 5 aromatic rings. The van der Waals surface area contributed by atoms with Gasteiger partial charge in [0.05, 0.1) is 37.8 Å². The van der Waals surface area contributed by atoms with Crippen molar-refractivity contribution >= 4 is 33.8 Å². The van der Waals surface area contributed by atoms with Gasteiger partial charge < -0.3 is 14.5 Å².